The molecule has 0 heterocycles. The highest BCUT2D eigenvalue weighted by Gasteiger charge is 2.34. The number of nitrogens with zero attached hydrogens (tertiary/aromatic N) is 2. The minimum absolute atomic E-state index is 0.309. The van der Waals surface area contributed by atoms with Crippen molar-refractivity contribution in [3.05, 3.63) is 163 Å². The summed E-state index contributed by atoms with van der Waals surface area (Å²) in [7, 11) is 0. The van der Waals surface area contributed by atoms with Gasteiger partial charge in [-0.2, -0.15) is 0 Å². The Morgan fingerprint density at radius 2 is 1.43 bits per heavy atom. The molecule has 0 aromatic heterocycles. The van der Waals surface area contributed by atoms with Crippen LogP contribution in [0.15, 0.2) is 157 Å². The fourth-order valence-electron chi connectivity index (χ4n) is 8.41. The molecule has 0 saturated carbocycles. The predicted molar refractivity (Wildman–Crippen MR) is 196 cm³/mol. The number of hydrogen-bond donors (Lipinski definition) is 0. The van der Waals surface area contributed by atoms with Crippen molar-refractivity contribution in [2.75, 3.05) is 9.80 Å². The number of benzene rings is 4. The molecular weight excluding hydrogens is 556 g/mol. The summed E-state index contributed by atoms with van der Waals surface area (Å²) in [4.78, 5) is 5.27. The number of hydrogen-bond acceptors (Lipinski definition) is 2. The fraction of sp³-hybridized carbons (Fsp3) is 0.273. The summed E-state index contributed by atoms with van der Waals surface area (Å²) in [6.45, 7) is 0. The Labute approximate surface area is 274 Å². The predicted octanol–water partition coefficient (Wildman–Crippen LogP) is 11.6. The zero-order valence-electron chi connectivity index (χ0n) is 26.7. The summed E-state index contributed by atoms with van der Waals surface area (Å²) in [6.07, 6.45) is 28.5. The standard InChI is InChI=1S/C44H44N2/c1-3-17-37(18-4-1)45(43-23-11-15-35-13-7-9-21-41(35)43)39-29-25-33(26-30-39)34-27-31-40(32-28-34)46(38-19-5-2-6-20-38)44-24-12-16-36-14-8-10-22-42(36)44/h1-5,7-9,11,13-19,21,23,25,27-29,31-33,39,42,44H,6,10,12,20,22,24,26,30H2. The second-order valence-electron chi connectivity index (χ2n) is 13.4. The Kier molecular flexibility index (Phi) is 8.19. The molecule has 0 saturated heterocycles. The molecule has 4 unspecified atom stereocenters. The largest absolute Gasteiger partial charge is 0.341 e. The maximum absolute atomic E-state index is 2.72. The highest BCUT2D eigenvalue weighted by Crippen LogP contribution is 2.42. The van der Waals surface area contributed by atoms with Crippen LogP contribution in [0, 0.1) is 5.92 Å². The highest BCUT2D eigenvalue weighted by molar-refractivity contribution is 5.96. The van der Waals surface area contributed by atoms with Crippen LogP contribution in [-0.2, 0) is 0 Å². The second kappa shape index (κ2) is 13.0. The first kappa shape index (κ1) is 28.9. The van der Waals surface area contributed by atoms with Crippen molar-refractivity contribution < 1.29 is 0 Å². The van der Waals surface area contributed by atoms with Gasteiger partial charge in [-0.3, -0.25) is 0 Å². The number of rotatable bonds is 7. The van der Waals surface area contributed by atoms with Crippen molar-refractivity contribution in [2.45, 2.75) is 69.4 Å². The summed E-state index contributed by atoms with van der Waals surface area (Å²) < 4.78 is 0. The molecule has 4 atom stereocenters. The van der Waals surface area contributed by atoms with Gasteiger partial charge in [0.1, 0.15) is 0 Å². The molecule has 0 N–H and O–H groups in total. The SMILES string of the molecule is C1=CCCC(N(c2ccc(C3C=CC(N(c4ccccc4)c4cccc5ccccc45)CC3)cc2)C2CCC=C3C=CCCC32)=C1. The Balaban J connectivity index is 1.07. The minimum Gasteiger partial charge on any atom is -0.341 e. The van der Waals surface area contributed by atoms with Gasteiger partial charge in [0.05, 0.1) is 6.04 Å². The monoisotopic (exact) mass is 600 g/mol. The molecule has 0 amide bonds. The van der Waals surface area contributed by atoms with Crippen LogP contribution in [-0.4, -0.2) is 12.1 Å². The molecule has 4 aromatic rings. The molecule has 230 valence electrons. The third-order valence-corrected chi connectivity index (χ3v) is 10.7. The van der Waals surface area contributed by atoms with Crippen molar-refractivity contribution in [1.29, 1.82) is 0 Å². The van der Waals surface area contributed by atoms with Crippen LogP contribution in [0.1, 0.15) is 62.8 Å². The highest BCUT2D eigenvalue weighted by atomic mass is 15.2. The van der Waals surface area contributed by atoms with Crippen LogP contribution in [0.25, 0.3) is 10.8 Å². The van der Waals surface area contributed by atoms with Gasteiger partial charge in [-0.15, -0.1) is 0 Å². The van der Waals surface area contributed by atoms with Crippen molar-refractivity contribution in [1.82, 2.24) is 0 Å². The third-order valence-electron chi connectivity index (χ3n) is 10.7. The zero-order valence-corrected chi connectivity index (χ0v) is 26.7. The van der Waals surface area contributed by atoms with Crippen LogP contribution in [0.2, 0.25) is 0 Å². The summed E-state index contributed by atoms with van der Waals surface area (Å²) in [5, 5.41) is 2.59. The van der Waals surface area contributed by atoms with Gasteiger partial charge in [-0.1, -0.05) is 109 Å². The van der Waals surface area contributed by atoms with Crippen molar-refractivity contribution in [2.24, 2.45) is 5.92 Å². The lowest BCUT2D eigenvalue weighted by molar-refractivity contribution is 0.396. The van der Waals surface area contributed by atoms with Gasteiger partial charge in [0, 0.05) is 46.0 Å². The van der Waals surface area contributed by atoms with Crippen molar-refractivity contribution >= 4 is 27.8 Å². The van der Waals surface area contributed by atoms with Gasteiger partial charge in [-0.25, -0.2) is 0 Å². The van der Waals surface area contributed by atoms with E-state index in [4.69, 9.17) is 0 Å². The lowest BCUT2D eigenvalue weighted by Gasteiger charge is -2.44. The van der Waals surface area contributed by atoms with E-state index in [-0.39, 0.29) is 0 Å². The van der Waals surface area contributed by atoms with Crippen molar-refractivity contribution in [3.63, 3.8) is 0 Å². The molecular formula is C44H44N2. The molecule has 4 aromatic carbocycles. The Bertz CT molecular complexity index is 1820. The lowest BCUT2D eigenvalue weighted by atomic mass is 9.76. The van der Waals surface area contributed by atoms with Crippen LogP contribution in [0.5, 0.6) is 0 Å². The fourth-order valence-corrected chi connectivity index (χ4v) is 8.41. The van der Waals surface area contributed by atoms with Gasteiger partial charge in [-0.05, 0) is 104 Å². The molecule has 2 nitrogen and oxygen atoms in total. The Morgan fingerprint density at radius 1 is 0.609 bits per heavy atom. The maximum Gasteiger partial charge on any atom is 0.0523 e. The van der Waals surface area contributed by atoms with Gasteiger partial charge in [0.2, 0.25) is 0 Å². The molecule has 4 aliphatic carbocycles. The average Bonchev–Trinajstić information content (AvgIpc) is 3.14. The summed E-state index contributed by atoms with van der Waals surface area (Å²) in [5.74, 6) is 1.06. The summed E-state index contributed by atoms with van der Waals surface area (Å²) in [6, 6.07) is 36.9. The first-order chi connectivity index (χ1) is 22.8. The molecule has 0 radical (unpaired) electrons. The van der Waals surface area contributed by atoms with E-state index in [1.165, 1.54) is 64.8 Å². The first-order valence-electron chi connectivity index (χ1n) is 17.5. The number of para-hydroxylation sites is 1. The molecule has 4 aliphatic rings. The van der Waals surface area contributed by atoms with E-state index in [0.29, 0.717) is 23.9 Å². The van der Waals surface area contributed by atoms with Crippen LogP contribution in [0.3, 0.4) is 0 Å². The Hall–Kier alpha value is -4.56. The van der Waals surface area contributed by atoms with E-state index in [0.717, 1.165) is 25.7 Å². The third kappa shape index (κ3) is 5.66. The average molecular weight is 601 g/mol. The van der Waals surface area contributed by atoms with Crippen LogP contribution >= 0.6 is 0 Å². The van der Waals surface area contributed by atoms with Gasteiger partial charge >= 0.3 is 0 Å². The maximum atomic E-state index is 2.72. The summed E-state index contributed by atoms with van der Waals surface area (Å²) >= 11 is 0. The zero-order chi connectivity index (χ0) is 30.7. The number of fused-ring (bicyclic) bond motifs is 2. The molecule has 0 bridgehead atoms. The topological polar surface area (TPSA) is 6.48 Å². The molecule has 0 spiro atoms. The van der Waals surface area contributed by atoms with E-state index >= 15 is 0 Å². The Morgan fingerprint density at radius 3 is 2.26 bits per heavy atom. The lowest BCUT2D eigenvalue weighted by Crippen LogP contribution is -2.43. The number of anilines is 3. The molecule has 0 aliphatic heterocycles. The van der Waals surface area contributed by atoms with Gasteiger partial charge in [0.25, 0.3) is 0 Å². The minimum atomic E-state index is 0.309. The van der Waals surface area contributed by atoms with Crippen LogP contribution in [0.4, 0.5) is 17.1 Å². The summed E-state index contributed by atoms with van der Waals surface area (Å²) in [5.41, 5.74) is 8.35. The number of allylic oxidation sites excluding steroid dienone is 8. The first-order valence-corrected chi connectivity index (χ1v) is 17.5. The van der Waals surface area contributed by atoms with E-state index in [2.05, 4.69) is 155 Å². The van der Waals surface area contributed by atoms with Gasteiger partial charge in [0.15, 0.2) is 0 Å². The van der Waals surface area contributed by atoms with E-state index < -0.39 is 0 Å². The molecule has 46 heavy (non-hydrogen) atoms. The van der Waals surface area contributed by atoms with E-state index in [9.17, 15) is 0 Å². The van der Waals surface area contributed by atoms with Crippen LogP contribution < -0.4 is 9.80 Å². The molecule has 2 heteroatoms. The molecule has 0 fully saturated rings. The van der Waals surface area contributed by atoms with Gasteiger partial charge < -0.3 is 9.80 Å². The van der Waals surface area contributed by atoms with Crippen molar-refractivity contribution in [3.8, 4) is 0 Å². The quantitative estimate of drug-likeness (QED) is 0.195. The van der Waals surface area contributed by atoms with E-state index in [1.807, 2.05) is 0 Å². The smallest absolute Gasteiger partial charge is 0.0523 e. The van der Waals surface area contributed by atoms with E-state index in [1.54, 1.807) is 5.57 Å². The normalized spacial score (nSPS) is 23.8. The molecule has 8 rings (SSSR count). The second-order valence-corrected chi connectivity index (χ2v) is 13.4.